The molecule has 0 bridgehead atoms. The monoisotopic (exact) mass is 624 g/mol. The van der Waals surface area contributed by atoms with Crippen molar-refractivity contribution in [1.29, 1.82) is 0 Å². The van der Waals surface area contributed by atoms with E-state index in [0.29, 0.717) is 6.42 Å². The molecule has 240 valence electrons. The Morgan fingerprint density at radius 2 is 0.800 bits per heavy atom. The SMILES string of the molecule is CCCCCCCCCCCCOS(=O)(=O)O.OC[N+](CO)(CO)C([N+](CO)(CO)CO)[N+](CO)(CO)CO.[H-].[Na+]. The van der Waals surface area contributed by atoms with Crippen molar-refractivity contribution in [3.8, 4) is 0 Å². The average Bonchev–Trinajstić information content (AvgIpc) is 2.94. The number of nitrogens with zero attached hydrogens (tertiary/aromatic N) is 3. The summed E-state index contributed by atoms with van der Waals surface area (Å²) in [4.78, 5) is 0. The van der Waals surface area contributed by atoms with Gasteiger partial charge < -0.3 is 47.4 Å². The van der Waals surface area contributed by atoms with Gasteiger partial charge in [0.2, 0.25) is 0 Å². The Morgan fingerprint density at radius 1 is 0.550 bits per heavy atom. The molecular formula is C22H55N3NaO13S+3. The third kappa shape index (κ3) is 15.2. The fraction of sp³-hybridized carbons (Fsp3) is 1.00. The summed E-state index contributed by atoms with van der Waals surface area (Å²) in [5.41, 5.74) is 0. The smallest absolute Gasteiger partial charge is 1.00 e. The van der Waals surface area contributed by atoms with Crippen LogP contribution in [0, 0.1) is 0 Å². The molecule has 0 fully saturated rings. The summed E-state index contributed by atoms with van der Waals surface area (Å²) in [7, 11) is -4.23. The van der Waals surface area contributed by atoms with Crippen molar-refractivity contribution >= 4 is 10.4 Å². The molecule has 0 saturated heterocycles. The number of aliphatic hydroxyl groups is 9. The van der Waals surface area contributed by atoms with Crippen LogP contribution in [0.1, 0.15) is 72.6 Å². The van der Waals surface area contributed by atoms with Gasteiger partial charge in [-0.1, -0.05) is 64.7 Å². The molecule has 16 nitrogen and oxygen atoms in total. The van der Waals surface area contributed by atoms with Crippen molar-refractivity contribution in [2.24, 2.45) is 0 Å². The second-order valence-corrected chi connectivity index (χ2v) is 10.8. The van der Waals surface area contributed by atoms with Gasteiger partial charge in [-0.25, -0.2) is 4.18 Å². The molecular weight excluding hydrogens is 569 g/mol. The van der Waals surface area contributed by atoms with E-state index in [2.05, 4.69) is 11.1 Å². The molecule has 0 unspecified atom stereocenters. The van der Waals surface area contributed by atoms with Crippen molar-refractivity contribution < 1.29 is 108 Å². The maximum absolute atomic E-state index is 10.2. The van der Waals surface area contributed by atoms with Crippen LogP contribution in [0.4, 0.5) is 0 Å². The normalized spacial score (nSPS) is 12.7. The van der Waals surface area contributed by atoms with E-state index in [0.717, 1.165) is 12.8 Å². The fourth-order valence-electron chi connectivity index (χ4n) is 4.37. The Hall–Kier alpha value is 0.390. The van der Waals surface area contributed by atoms with Gasteiger partial charge in [-0.05, 0) is 6.42 Å². The molecule has 0 aromatic heterocycles. The summed E-state index contributed by atoms with van der Waals surface area (Å²) in [6, 6.07) is 0. The Balaban J connectivity index is -0.000000328. The van der Waals surface area contributed by atoms with E-state index in [4.69, 9.17) is 4.55 Å². The van der Waals surface area contributed by atoms with Crippen LogP contribution in [0.2, 0.25) is 0 Å². The maximum atomic E-state index is 10.2. The molecule has 0 aliphatic rings. The first-order chi connectivity index (χ1) is 18.5. The van der Waals surface area contributed by atoms with E-state index in [-0.39, 0.29) is 37.6 Å². The van der Waals surface area contributed by atoms with Gasteiger partial charge in [0.15, 0.2) is 60.6 Å². The van der Waals surface area contributed by atoms with Crippen LogP contribution in [0.15, 0.2) is 0 Å². The third-order valence-electron chi connectivity index (χ3n) is 6.73. The summed E-state index contributed by atoms with van der Waals surface area (Å²) in [5, 5.41) is 86.3. The standard InChI is InChI=1S/C12H26O4S.C10H28N3O9.Na.H/c1-2-3-4-5-6-7-8-9-10-11-12-16-17(13,14)15;14-1-11(2-15,3-16)10(12(4-17,5-18)6-19)13(7-20,8-21)9-22;;/h2-12H2,1H3,(H,13,14,15);10,14-22H,1-9H2;;/q;+3;+1;-1. The molecule has 0 rings (SSSR count). The van der Waals surface area contributed by atoms with Crippen LogP contribution in [-0.2, 0) is 14.6 Å². The van der Waals surface area contributed by atoms with Gasteiger partial charge in [0.05, 0.1) is 6.61 Å². The molecule has 0 spiro atoms. The van der Waals surface area contributed by atoms with Gasteiger partial charge >= 0.3 is 46.2 Å². The van der Waals surface area contributed by atoms with Crippen molar-refractivity contribution in [3.05, 3.63) is 0 Å². The number of hydrogen-bond acceptors (Lipinski definition) is 12. The summed E-state index contributed by atoms with van der Waals surface area (Å²) >= 11 is 0. The van der Waals surface area contributed by atoms with E-state index < -0.39 is 90.7 Å². The third-order valence-corrected chi connectivity index (χ3v) is 7.20. The molecule has 0 aliphatic heterocycles. The maximum Gasteiger partial charge on any atom is 1.00 e. The number of hydrogen-bond donors (Lipinski definition) is 10. The minimum absolute atomic E-state index is 0. The topological polar surface area (TPSA) is 246 Å². The van der Waals surface area contributed by atoms with Crippen LogP contribution >= 0.6 is 0 Å². The summed E-state index contributed by atoms with van der Waals surface area (Å²) < 4.78 is 29.9. The van der Waals surface area contributed by atoms with Crippen LogP contribution in [0.5, 0.6) is 0 Å². The van der Waals surface area contributed by atoms with Crippen molar-refractivity contribution in [2.45, 2.75) is 77.4 Å². The number of unbranched alkanes of at least 4 members (excludes halogenated alkanes) is 9. The summed E-state index contributed by atoms with van der Waals surface area (Å²) in [6.45, 7) is -5.96. The van der Waals surface area contributed by atoms with Crippen molar-refractivity contribution in [3.63, 3.8) is 0 Å². The van der Waals surface area contributed by atoms with Crippen LogP contribution in [0.3, 0.4) is 0 Å². The van der Waals surface area contributed by atoms with Gasteiger partial charge in [0.25, 0.3) is 0 Å². The Bertz CT molecular complexity index is 617. The molecule has 40 heavy (non-hydrogen) atoms. The zero-order valence-corrected chi connectivity index (χ0v) is 27.0. The first-order valence-electron chi connectivity index (χ1n) is 13.1. The first-order valence-corrected chi connectivity index (χ1v) is 14.5. The molecule has 0 atom stereocenters. The van der Waals surface area contributed by atoms with Gasteiger partial charge in [-0.2, -0.15) is 21.9 Å². The molecule has 0 saturated carbocycles. The predicted molar refractivity (Wildman–Crippen MR) is 139 cm³/mol. The van der Waals surface area contributed by atoms with Gasteiger partial charge in [-0.15, -0.1) is 0 Å². The van der Waals surface area contributed by atoms with Crippen LogP contribution in [0.25, 0.3) is 0 Å². The van der Waals surface area contributed by atoms with Gasteiger partial charge in [0.1, 0.15) is 0 Å². The molecule has 0 aromatic carbocycles. The molecule has 0 radical (unpaired) electrons. The largest absolute Gasteiger partial charge is 1.00 e. The van der Waals surface area contributed by atoms with Gasteiger partial charge in [0, 0.05) is 0 Å². The number of rotatable bonds is 24. The van der Waals surface area contributed by atoms with E-state index in [1.807, 2.05) is 0 Å². The zero-order valence-electron chi connectivity index (χ0n) is 25.2. The molecule has 10 N–H and O–H groups in total. The molecule has 0 aliphatic carbocycles. The predicted octanol–water partition coefficient (Wildman–Crippen LogP) is -4.89. The van der Waals surface area contributed by atoms with Crippen LogP contribution < -0.4 is 29.6 Å². The molecule has 18 heteroatoms. The quantitative estimate of drug-likeness (QED) is 0.0159. The van der Waals surface area contributed by atoms with Crippen molar-refractivity contribution in [1.82, 2.24) is 0 Å². The number of quaternary nitrogens is 3. The minimum Gasteiger partial charge on any atom is -1.00 e. The van der Waals surface area contributed by atoms with E-state index in [9.17, 15) is 54.4 Å². The molecule has 0 heterocycles. The molecule has 0 amide bonds. The van der Waals surface area contributed by atoms with E-state index in [1.165, 1.54) is 44.9 Å². The summed E-state index contributed by atoms with van der Waals surface area (Å²) in [5.74, 6) is 0. The van der Waals surface area contributed by atoms with Crippen LogP contribution in [-0.4, -0.2) is 146 Å². The average molecular weight is 625 g/mol. The Labute approximate surface area is 261 Å². The van der Waals surface area contributed by atoms with E-state index in [1.54, 1.807) is 0 Å². The fourth-order valence-corrected chi connectivity index (χ4v) is 4.70. The minimum atomic E-state index is -4.23. The van der Waals surface area contributed by atoms with Gasteiger partial charge in [-0.3, -0.25) is 4.55 Å². The van der Waals surface area contributed by atoms with E-state index >= 15 is 0 Å². The Kier molecular flexibility index (Phi) is 27.8. The molecule has 0 aromatic rings. The second kappa shape index (κ2) is 24.8. The number of aliphatic hydroxyl groups excluding tert-OH is 9. The first kappa shape index (κ1) is 44.8. The second-order valence-electron chi connectivity index (χ2n) is 9.71. The van der Waals surface area contributed by atoms with Crippen molar-refractivity contribution in [2.75, 3.05) is 67.2 Å². The zero-order chi connectivity index (χ0) is 30.4. The summed E-state index contributed by atoms with van der Waals surface area (Å²) in [6.07, 6.45) is 10.3. The Morgan fingerprint density at radius 3 is 1.02 bits per heavy atom.